The quantitative estimate of drug-likeness (QED) is 0.522. The molecule has 0 atom stereocenters. The van der Waals surface area contributed by atoms with Crippen molar-refractivity contribution < 1.29 is 9.53 Å². The number of hydrogen-bond donors (Lipinski definition) is 0. The van der Waals surface area contributed by atoms with Gasteiger partial charge in [0.1, 0.15) is 0 Å². The fourth-order valence-corrected chi connectivity index (χ4v) is 0.509. The summed E-state index contributed by atoms with van der Waals surface area (Å²) in [5, 5.41) is 0. The number of carbonyl (C=O) groups excluding carboxylic acids is 1. The van der Waals surface area contributed by atoms with Crippen molar-refractivity contribution >= 4 is 6.47 Å². The van der Waals surface area contributed by atoms with Crippen LogP contribution >= 0.6 is 0 Å². The van der Waals surface area contributed by atoms with Crippen LogP contribution in [0.3, 0.4) is 0 Å². The molecular weight excluding hydrogens is 120 g/mol. The largest absolute Gasteiger partial charge is 0.394 e. The molecule has 48 valence electrons. The van der Waals surface area contributed by atoms with E-state index in [9.17, 15) is 4.79 Å². The second-order valence-electron chi connectivity index (χ2n) is 1.53. The topological polar surface area (TPSA) is 44.1 Å². The van der Waals surface area contributed by atoms with Crippen LogP contribution in [0, 0.1) is 0 Å². The first-order chi connectivity index (χ1) is 4.34. The fourth-order valence-electron chi connectivity index (χ4n) is 0.509. The van der Waals surface area contributed by atoms with Crippen molar-refractivity contribution in [3.8, 4) is 6.01 Å². The average molecular weight is 126 g/mol. The lowest BCUT2D eigenvalue weighted by molar-refractivity contribution is -0.121. The Kier molecular flexibility index (Phi) is 1.48. The number of rotatable bonds is 2. The van der Waals surface area contributed by atoms with E-state index in [1.54, 1.807) is 24.0 Å². The summed E-state index contributed by atoms with van der Waals surface area (Å²) in [4.78, 5) is 13.5. The van der Waals surface area contributed by atoms with E-state index in [2.05, 4.69) is 9.72 Å². The Morgan fingerprint density at radius 2 is 2.67 bits per heavy atom. The highest BCUT2D eigenvalue weighted by Gasteiger charge is 1.95. The molecule has 0 saturated carbocycles. The summed E-state index contributed by atoms with van der Waals surface area (Å²) in [6.45, 7) is 0.350. The standard InChI is InChI=1S/C5H6N2O2/c1-7-3-2-6-5(7)9-4-8/h2-4H,1H3. The molecule has 9 heavy (non-hydrogen) atoms. The number of nitrogens with zero attached hydrogens (tertiary/aromatic N) is 2. The van der Waals surface area contributed by atoms with Gasteiger partial charge in [0, 0.05) is 19.4 Å². The monoisotopic (exact) mass is 126 g/mol. The Morgan fingerprint density at radius 3 is 3.11 bits per heavy atom. The zero-order valence-corrected chi connectivity index (χ0v) is 4.94. The van der Waals surface area contributed by atoms with Crippen molar-refractivity contribution in [2.45, 2.75) is 0 Å². The number of ether oxygens (including phenoxy) is 1. The van der Waals surface area contributed by atoms with Gasteiger partial charge in [0.25, 0.3) is 0 Å². The molecule has 4 nitrogen and oxygen atoms in total. The first kappa shape index (κ1) is 5.81. The summed E-state index contributed by atoms with van der Waals surface area (Å²) in [5.41, 5.74) is 0. The van der Waals surface area contributed by atoms with Crippen LogP contribution in [0.5, 0.6) is 6.01 Å². The van der Waals surface area contributed by atoms with Gasteiger partial charge in [0.2, 0.25) is 0 Å². The van der Waals surface area contributed by atoms with E-state index >= 15 is 0 Å². The second kappa shape index (κ2) is 2.30. The molecule has 0 spiro atoms. The van der Waals surface area contributed by atoms with E-state index < -0.39 is 0 Å². The van der Waals surface area contributed by atoms with E-state index in [-0.39, 0.29) is 0 Å². The van der Waals surface area contributed by atoms with Gasteiger partial charge >= 0.3 is 12.5 Å². The number of aromatic nitrogens is 2. The lowest BCUT2D eigenvalue weighted by Crippen LogP contribution is -1.96. The van der Waals surface area contributed by atoms with E-state index in [0.717, 1.165) is 0 Å². The molecule has 1 heterocycles. The predicted molar refractivity (Wildman–Crippen MR) is 29.9 cm³/mol. The minimum absolute atomic E-state index is 0.310. The SMILES string of the molecule is Cn1ccnc1OC=O. The lowest BCUT2D eigenvalue weighted by atomic mass is 10.9. The third-order valence-electron chi connectivity index (χ3n) is 0.930. The first-order valence-corrected chi connectivity index (χ1v) is 2.42. The summed E-state index contributed by atoms with van der Waals surface area (Å²) in [6.07, 6.45) is 3.25. The van der Waals surface area contributed by atoms with Gasteiger partial charge in [-0.2, -0.15) is 0 Å². The van der Waals surface area contributed by atoms with Crippen LogP contribution in [0.4, 0.5) is 0 Å². The van der Waals surface area contributed by atoms with Gasteiger partial charge in [0.05, 0.1) is 0 Å². The summed E-state index contributed by atoms with van der Waals surface area (Å²) in [7, 11) is 1.74. The van der Waals surface area contributed by atoms with E-state index in [1.807, 2.05) is 0 Å². The summed E-state index contributed by atoms with van der Waals surface area (Å²) >= 11 is 0. The Labute approximate surface area is 52.1 Å². The molecule has 1 aromatic rings. The third-order valence-corrected chi connectivity index (χ3v) is 0.930. The summed E-state index contributed by atoms with van der Waals surface area (Å²) in [6, 6.07) is 0.310. The number of hydrogen-bond acceptors (Lipinski definition) is 3. The molecular formula is C5H6N2O2. The van der Waals surface area contributed by atoms with Crippen LogP contribution in [-0.2, 0) is 11.8 Å². The molecule has 0 aliphatic heterocycles. The highest BCUT2D eigenvalue weighted by atomic mass is 16.5. The molecule has 0 aromatic carbocycles. The van der Waals surface area contributed by atoms with Gasteiger partial charge < -0.3 is 9.30 Å². The van der Waals surface area contributed by atoms with Crippen LogP contribution in [-0.4, -0.2) is 16.0 Å². The average Bonchev–Trinajstić information content (AvgIpc) is 2.18. The number of aryl methyl sites for hydroxylation is 1. The van der Waals surface area contributed by atoms with Crippen molar-refractivity contribution in [2.24, 2.45) is 7.05 Å². The summed E-state index contributed by atoms with van der Waals surface area (Å²) in [5.74, 6) is 0. The minimum atomic E-state index is 0.310. The van der Waals surface area contributed by atoms with E-state index in [4.69, 9.17) is 0 Å². The van der Waals surface area contributed by atoms with Gasteiger partial charge in [-0.05, 0) is 0 Å². The third kappa shape index (κ3) is 1.07. The molecule has 1 aromatic heterocycles. The van der Waals surface area contributed by atoms with E-state index in [0.29, 0.717) is 12.5 Å². The van der Waals surface area contributed by atoms with Crippen molar-refractivity contribution in [2.75, 3.05) is 0 Å². The molecule has 1 rings (SSSR count). The summed E-state index contributed by atoms with van der Waals surface area (Å²) < 4.78 is 6.05. The zero-order chi connectivity index (χ0) is 6.69. The Bertz CT molecular complexity index is 206. The molecule has 0 aliphatic carbocycles. The molecule has 0 aliphatic rings. The molecule has 0 unspecified atom stereocenters. The first-order valence-electron chi connectivity index (χ1n) is 2.42. The van der Waals surface area contributed by atoms with Crippen molar-refractivity contribution in [1.82, 2.24) is 9.55 Å². The smallest absolute Gasteiger partial charge is 0.303 e. The maximum Gasteiger partial charge on any atom is 0.303 e. The Balaban J connectivity index is 2.80. The minimum Gasteiger partial charge on any atom is -0.394 e. The Morgan fingerprint density at radius 1 is 1.89 bits per heavy atom. The number of carbonyl (C=O) groups is 1. The van der Waals surface area contributed by atoms with Crippen LogP contribution in [0.2, 0.25) is 0 Å². The van der Waals surface area contributed by atoms with Crippen LogP contribution in [0.15, 0.2) is 12.4 Å². The molecule has 0 fully saturated rings. The molecule has 0 bridgehead atoms. The van der Waals surface area contributed by atoms with Gasteiger partial charge in [-0.25, -0.2) is 4.98 Å². The Hall–Kier alpha value is -1.32. The van der Waals surface area contributed by atoms with E-state index in [1.165, 1.54) is 0 Å². The van der Waals surface area contributed by atoms with Gasteiger partial charge in [-0.1, -0.05) is 0 Å². The van der Waals surface area contributed by atoms with Gasteiger partial charge in [0.15, 0.2) is 0 Å². The molecule has 0 radical (unpaired) electrons. The highest BCUT2D eigenvalue weighted by Crippen LogP contribution is 2.01. The maximum absolute atomic E-state index is 9.75. The molecule has 0 N–H and O–H groups in total. The normalized spacial score (nSPS) is 9.00. The molecule has 0 amide bonds. The van der Waals surface area contributed by atoms with Crippen LogP contribution in [0.1, 0.15) is 0 Å². The zero-order valence-electron chi connectivity index (χ0n) is 4.94. The van der Waals surface area contributed by atoms with Crippen molar-refractivity contribution in [3.05, 3.63) is 12.4 Å². The lowest BCUT2D eigenvalue weighted by Gasteiger charge is -1.93. The predicted octanol–water partition coefficient (Wildman–Crippen LogP) is -0.0447. The molecule has 4 heteroatoms. The fraction of sp³-hybridized carbons (Fsp3) is 0.200. The van der Waals surface area contributed by atoms with Crippen LogP contribution in [0.25, 0.3) is 0 Å². The second-order valence-corrected chi connectivity index (χ2v) is 1.53. The van der Waals surface area contributed by atoms with Crippen molar-refractivity contribution in [3.63, 3.8) is 0 Å². The van der Waals surface area contributed by atoms with Gasteiger partial charge in [-0.3, -0.25) is 4.79 Å². The van der Waals surface area contributed by atoms with Gasteiger partial charge in [-0.15, -0.1) is 0 Å². The highest BCUT2D eigenvalue weighted by molar-refractivity contribution is 5.41. The number of imidazole rings is 1. The van der Waals surface area contributed by atoms with Crippen LogP contribution < -0.4 is 4.74 Å². The maximum atomic E-state index is 9.75. The van der Waals surface area contributed by atoms with Crippen molar-refractivity contribution in [1.29, 1.82) is 0 Å². The molecule has 0 saturated heterocycles.